The number of aliphatic hydroxyl groups is 1. The monoisotopic (exact) mass is 150 g/mol. The highest BCUT2D eigenvalue weighted by atomic mass is 16.2. The van der Waals surface area contributed by atoms with Crippen LogP contribution in [0.2, 0.25) is 0 Å². The third kappa shape index (κ3) is 5.44. The highest BCUT2D eigenvalue weighted by molar-refractivity contribution is 5.31. The normalized spacial score (nSPS) is 11.4. The molecule has 0 aromatic heterocycles. The summed E-state index contributed by atoms with van der Waals surface area (Å²) < 4.78 is 0. The van der Waals surface area contributed by atoms with Gasteiger partial charge in [0, 0.05) is 0 Å². The second-order valence-electron chi connectivity index (χ2n) is 2.02. The molecule has 60 valence electrons. The molecule has 0 radical (unpaired) electrons. The maximum Gasteiger partial charge on any atom is 0.0621 e. The topological polar surface area (TPSA) is 20.2 Å². The molecule has 0 unspecified atom stereocenters. The van der Waals surface area contributed by atoms with Crippen LogP contribution in [0.3, 0.4) is 0 Å². The Balaban J connectivity index is 3.95. The number of allylic oxidation sites excluding steroid dienone is 3. The number of aliphatic hydroxyl groups excluding tert-OH is 1. The summed E-state index contributed by atoms with van der Waals surface area (Å²) in [5.74, 6) is 5.80. The van der Waals surface area contributed by atoms with Crippen LogP contribution in [0.5, 0.6) is 0 Å². The molecule has 0 heterocycles. The van der Waals surface area contributed by atoms with Gasteiger partial charge in [0.05, 0.1) is 6.61 Å². The molecular formula is C10H14O. The number of hydrogen-bond donors (Lipinski definition) is 1. The summed E-state index contributed by atoms with van der Waals surface area (Å²) in [7, 11) is 0. The first-order valence-corrected chi connectivity index (χ1v) is 3.77. The Morgan fingerprint density at radius 2 is 2.27 bits per heavy atom. The van der Waals surface area contributed by atoms with Gasteiger partial charge in [-0.05, 0) is 25.0 Å². The second-order valence-corrected chi connectivity index (χ2v) is 2.02. The average molecular weight is 150 g/mol. The van der Waals surface area contributed by atoms with E-state index in [1.807, 2.05) is 13.0 Å². The van der Waals surface area contributed by atoms with Crippen molar-refractivity contribution in [3.05, 3.63) is 23.8 Å². The van der Waals surface area contributed by atoms with Gasteiger partial charge in [-0.3, -0.25) is 0 Å². The summed E-state index contributed by atoms with van der Waals surface area (Å²) >= 11 is 0. The fourth-order valence-electron chi connectivity index (χ4n) is 0.611. The van der Waals surface area contributed by atoms with Crippen LogP contribution in [0.4, 0.5) is 0 Å². The minimum absolute atomic E-state index is 0.0615. The lowest BCUT2D eigenvalue weighted by Gasteiger charge is -1.86. The second kappa shape index (κ2) is 7.11. The van der Waals surface area contributed by atoms with E-state index in [4.69, 9.17) is 5.11 Å². The largest absolute Gasteiger partial charge is 0.392 e. The minimum Gasteiger partial charge on any atom is -0.392 e. The summed E-state index contributed by atoms with van der Waals surface area (Å²) in [6.45, 7) is 4.11. The van der Waals surface area contributed by atoms with Gasteiger partial charge < -0.3 is 5.11 Å². The van der Waals surface area contributed by atoms with Gasteiger partial charge in [-0.15, -0.1) is 0 Å². The van der Waals surface area contributed by atoms with Crippen molar-refractivity contribution in [2.45, 2.75) is 20.3 Å². The third-order valence-corrected chi connectivity index (χ3v) is 1.27. The molecule has 0 aliphatic heterocycles. The molecular weight excluding hydrogens is 136 g/mol. The highest BCUT2D eigenvalue weighted by Gasteiger charge is 1.80. The van der Waals surface area contributed by atoms with Gasteiger partial charge in [0.25, 0.3) is 0 Å². The molecule has 0 amide bonds. The number of rotatable bonds is 2. The zero-order valence-electron chi connectivity index (χ0n) is 7.09. The van der Waals surface area contributed by atoms with Crippen LogP contribution >= 0.6 is 0 Å². The van der Waals surface area contributed by atoms with Crippen molar-refractivity contribution in [1.29, 1.82) is 0 Å². The van der Waals surface area contributed by atoms with Gasteiger partial charge >= 0.3 is 0 Å². The summed E-state index contributed by atoms with van der Waals surface area (Å²) in [5.41, 5.74) is 1.13. The number of hydrogen-bond acceptors (Lipinski definition) is 1. The van der Waals surface area contributed by atoms with Crippen molar-refractivity contribution in [1.82, 2.24) is 0 Å². The van der Waals surface area contributed by atoms with Gasteiger partial charge in [0.1, 0.15) is 0 Å². The van der Waals surface area contributed by atoms with Crippen LogP contribution < -0.4 is 0 Å². The molecule has 0 aliphatic rings. The molecule has 0 fully saturated rings. The third-order valence-electron chi connectivity index (χ3n) is 1.27. The molecule has 0 aliphatic carbocycles. The smallest absolute Gasteiger partial charge is 0.0621 e. The lowest BCUT2D eigenvalue weighted by molar-refractivity contribution is 0.343. The molecule has 11 heavy (non-hydrogen) atoms. The van der Waals surface area contributed by atoms with Crippen LogP contribution in [-0.4, -0.2) is 11.7 Å². The molecule has 0 saturated carbocycles. The van der Waals surface area contributed by atoms with E-state index in [-0.39, 0.29) is 6.61 Å². The molecule has 0 aromatic rings. The van der Waals surface area contributed by atoms with E-state index in [1.54, 1.807) is 12.2 Å². The Labute approximate surface area is 68.4 Å². The summed E-state index contributed by atoms with van der Waals surface area (Å²) in [4.78, 5) is 0. The van der Waals surface area contributed by atoms with E-state index in [0.717, 1.165) is 12.0 Å². The molecule has 0 atom stereocenters. The van der Waals surface area contributed by atoms with E-state index in [1.165, 1.54) is 0 Å². The van der Waals surface area contributed by atoms with Gasteiger partial charge in [-0.1, -0.05) is 30.9 Å². The fourth-order valence-corrected chi connectivity index (χ4v) is 0.611. The Hall–Kier alpha value is -1.00. The van der Waals surface area contributed by atoms with E-state index >= 15 is 0 Å². The maximum atomic E-state index is 8.38. The van der Waals surface area contributed by atoms with Crippen LogP contribution in [0, 0.1) is 11.8 Å². The average Bonchev–Trinajstić information content (AvgIpc) is 2.05. The molecule has 0 rings (SSSR count). The SMILES string of the molecule is C/C=C(\C#C/C=C/CO)CC. The van der Waals surface area contributed by atoms with Crippen molar-refractivity contribution >= 4 is 0 Å². The van der Waals surface area contributed by atoms with Crippen molar-refractivity contribution in [3.8, 4) is 11.8 Å². The summed E-state index contributed by atoms with van der Waals surface area (Å²) in [5, 5.41) is 8.38. The fraction of sp³-hybridized carbons (Fsp3) is 0.400. The van der Waals surface area contributed by atoms with E-state index in [2.05, 4.69) is 18.8 Å². The van der Waals surface area contributed by atoms with Crippen LogP contribution in [-0.2, 0) is 0 Å². The Bertz CT molecular complexity index is 201. The van der Waals surface area contributed by atoms with Gasteiger partial charge in [-0.2, -0.15) is 0 Å². The lowest BCUT2D eigenvalue weighted by atomic mass is 10.2. The van der Waals surface area contributed by atoms with Crippen LogP contribution in [0.15, 0.2) is 23.8 Å². The maximum absolute atomic E-state index is 8.38. The molecule has 1 N–H and O–H groups in total. The molecule has 0 bridgehead atoms. The standard InChI is InChI=1S/C10H14O/c1-3-10(4-2)8-6-5-7-9-11/h3,5,7,11H,4,9H2,1-2H3/b7-5+,10-3-. The van der Waals surface area contributed by atoms with Gasteiger partial charge in [-0.25, -0.2) is 0 Å². The first-order valence-electron chi connectivity index (χ1n) is 3.77. The summed E-state index contributed by atoms with van der Waals surface area (Å²) in [6.07, 6.45) is 6.26. The Morgan fingerprint density at radius 1 is 1.55 bits per heavy atom. The molecule has 0 aromatic carbocycles. The predicted molar refractivity (Wildman–Crippen MR) is 48.0 cm³/mol. The zero-order chi connectivity index (χ0) is 8.53. The van der Waals surface area contributed by atoms with Crippen molar-refractivity contribution in [3.63, 3.8) is 0 Å². The lowest BCUT2D eigenvalue weighted by Crippen LogP contribution is -1.72. The van der Waals surface area contributed by atoms with Crippen molar-refractivity contribution in [2.75, 3.05) is 6.61 Å². The minimum atomic E-state index is 0.0615. The first-order chi connectivity index (χ1) is 5.35. The van der Waals surface area contributed by atoms with E-state index in [9.17, 15) is 0 Å². The van der Waals surface area contributed by atoms with Crippen molar-refractivity contribution < 1.29 is 5.11 Å². The van der Waals surface area contributed by atoms with E-state index < -0.39 is 0 Å². The summed E-state index contributed by atoms with van der Waals surface area (Å²) in [6, 6.07) is 0. The molecule has 0 spiro atoms. The molecule has 0 saturated heterocycles. The first kappa shape index (κ1) is 10.0. The van der Waals surface area contributed by atoms with Gasteiger partial charge in [0.15, 0.2) is 0 Å². The Kier molecular flexibility index (Phi) is 6.46. The van der Waals surface area contributed by atoms with Gasteiger partial charge in [0.2, 0.25) is 0 Å². The molecule has 1 nitrogen and oxygen atoms in total. The predicted octanol–water partition coefficient (Wildman–Crippen LogP) is 1.89. The zero-order valence-corrected chi connectivity index (χ0v) is 7.09. The molecule has 1 heteroatoms. The Morgan fingerprint density at radius 3 is 2.73 bits per heavy atom. The van der Waals surface area contributed by atoms with Crippen LogP contribution in [0.25, 0.3) is 0 Å². The van der Waals surface area contributed by atoms with Crippen LogP contribution in [0.1, 0.15) is 20.3 Å². The van der Waals surface area contributed by atoms with E-state index in [0.29, 0.717) is 0 Å². The quantitative estimate of drug-likeness (QED) is 0.596. The highest BCUT2D eigenvalue weighted by Crippen LogP contribution is 1.96. The van der Waals surface area contributed by atoms with Crippen molar-refractivity contribution in [2.24, 2.45) is 0 Å².